The summed E-state index contributed by atoms with van der Waals surface area (Å²) in [7, 11) is 0. The Morgan fingerprint density at radius 1 is 1.29 bits per heavy atom. The molecule has 0 fully saturated rings. The summed E-state index contributed by atoms with van der Waals surface area (Å²) in [6.07, 6.45) is 1.47. The third-order valence-electron chi connectivity index (χ3n) is 1.92. The van der Waals surface area contributed by atoms with E-state index in [0.29, 0.717) is 16.8 Å². The van der Waals surface area contributed by atoms with Crippen LogP contribution in [0.2, 0.25) is 10.3 Å². The minimum Gasteiger partial charge on any atom is -0.473 e. The average Bonchev–Trinajstić information content (AvgIpc) is 2.11. The van der Waals surface area contributed by atoms with E-state index in [1.54, 1.807) is 0 Å². The van der Waals surface area contributed by atoms with Gasteiger partial charge in [-0.25, -0.2) is 4.98 Å². The van der Waals surface area contributed by atoms with Crippen molar-refractivity contribution in [1.29, 1.82) is 0 Å². The third-order valence-corrected chi connectivity index (χ3v) is 2.36. The second-order valence-electron chi connectivity index (χ2n) is 3.36. The Morgan fingerprint density at radius 2 is 1.93 bits per heavy atom. The molecule has 0 saturated heterocycles. The SMILES string of the molecule is CC(C)C(C)Oc1nc(Cl)ncc1Cl. The zero-order valence-electron chi connectivity index (χ0n) is 8.29. The van der Waals surface area contributed by atoms with Crippen LogP contribution in [0.4, 0.5) is 0 Å². The van der Waals surface area contributed by atoms with Gasteiger partial charge in [-0.15, -0.1) is 0 Å². The second kappa shape index (κ2) is 4.80. The minimum atomic E-state index is 0.0402. The lowest BCUT2D eigenvalue weighted by Crippen LogP contribution is -2.19. The van der Waals surface area contributed by atoms with E-state index in [-0.39, 0.29) is 11.4 Å². The number of nitrogens with zero attached hydrogens (tertiary/aromatic N) is 2. The molecule has 0 aliphatic carbocycles. The van der Waals surface area contributed by atoms with Crippen LogP contribution in [0.25, 0.3) is 0 Å². The van der Waals surface area contributed by atoms with Crippen molar-refractivity contribution in [2.75, 3.05) is 0 Å². The van der Waals surface area contributed by atoms with Crippen molar-refractivity contribution in [2.24, 2.45) is 5.92 Å². The molecule has 5 heteroatoms. The number of hydrogen-bond donors (Lipinski definition) is 0. The van der Waals surface area contributed by atoms with Gasteiger partial charge in [-0.2, -0.15) is 4.98 Å². The fourth-order valence-corrected chi connectivity index (χ4v) is 0.987. The van der Waals surface area contributed by atoms with E-state index < -0.39 is 0 Å². The summed E-state index contributed by atoms with van der Waals surface area (Å²) >= 11 is 11.5. The van der Waals surface area contributed by atoms with Crippen molar-refractivity contribution in [1.82, 2.24) is 9.97 Å². The summed E-state index contributed by atoms with van der Waals surface area (Å²) in [6.45, 7) is 6.07. The monoisotopic (exact) mass is 234 g/mol. The first-order valence-electron chi connectivity index (χ1n) is 4.35. The van der Waals surface area contributed by atoms with Crippen LogP contribution in [0, 0.1) is 5.92 Å². The highest BCUT2D eigenvalue weighted by molar-refractivity contribution is 6.32. The smallest absolute Gasteiger partial charge is 0.237 e. The highest BCUT2D eigenvalue weighted by Crippen LogP contribution is 2.24. The first-order valence-corrected chi connectivity index (χ1v) is 5.11. The Balaban J connectivity index is 2.80. The van der Waals surface area contributed by atoms with Crippen molar-refractivity contribution in [2.45, 2.75) is 26.9 Å². The van der Waals surface area contributed by atoms with E-state index in [1.807, 2.05) is 6.92 Å². The van der Waals surface area contributed by atoms with Crippen molar-refractivity contribution < 1.29 is 4.74 Å². The normalized spacial score (nSPS) is 13.0. The molecule has 3 nitrogen and oxygen atoms in total. The molecule has 0 spiro atoms. The molecular formula is C9H12Cl2N2O. The molecule has 0 amide bonds. The van der Waals surface area contributed by atoms with Crippen LogP contribution in [-0.2, 0) is 0 Å². The molecule has 1 aromatic heterocycles. The topological polar surface area (TPSA) is 35.0 Å². The molecule has 78 valence electrons. The van der Waals surface area contributed by atoms with Crippen molar-refractivity contribution >= 4 is 23.2 Å². The first kappa shape index (κ1) is 11.5. The molecule has 0 bridgehead atoms. The minimum absolute atomic E-state index is 0.0402. The molecule has 0 N–H and O–H groups in total. The van der Waals surface area contributed by atoms with Gasteiger partial charge in [-0.1, -0.05) is 25.4 Å². The van der Waals surface area contributed by atoms with Gasteiger partial charge in [0.2, 0.25) is 11.2 Å². The Bertz CT molecular complexity index is 318. The molecule has 0 radical (unpaired) electrons. The van der Waals surface area contributed by atoms with Crippen LogP contribution in [0.5, 0.6) is 5.88 Å². The van der Waals surface area contributed by atoms with Gasteiger partial charge in [0.25, 0.3) is 0 Å². The van der Waals surface area contributed by atoms with Gasteiger partial charge in [-0.3, -0.25) is 0 Å². The lowest BCUT2D eigenvalue weighted by Gasteiger charge is -2.17. The maximum absolute atomic E-state index is 5.84. The Labute approximate surface area is 93.4 Å². The summed E-state index contributed by atoms with van der Waals surface area (Å²) in [4.78, 5) is 7.63. The molecule has 0 saturated carbocycles. The molecular weight excluding hydrogens is 223 g/mol. The lowest BCUT2D eigenvalue weighted by atomic mass is 10.1. The second-order valence-corrected chi connectivity index (χ2v) is 4.10. The van der Waals surface area contributed by atoms with E-state index in [4.69, 9.17) is 27.9 Å². The molecule has 1 aromatic rings. The zero-order valence-corrected chi connectivity index (χ0v) is 9.80. The summed E-state index contributed by atoms with van der Waals surface area (Å²) in [5.74, 6) is 0.729. The Morgan fingerprint density at radius 3 is 2.50 bits per heavy atom. The first-order chi connectivity index (χ1) is 6.50. The number of halogens is 2. The van der Waals surface area contributed by atoms with Crippen LogP contribution in [0.1, 0.15) is 20.8 Å². The molecule has 0 aliphatic rings. The van der Waals surface area contributed by atoms with Gasteiger partial charge in [0.1, 0.15) is 5.02 Å². The van der Waals surface area contributed by atoms with Crippen LogP contribution in [0.15, 0.2) is 6.20 Å². The largest absolute Gasteiger partial charge is 0.473 e. The van der Waals surface area contributed by atoms with Crippen molar-refractivity contribution in [3.63, 3.8) is 0 Å². The number of hydrogen-bond acceptors (Lipinski definition) is 3. The van der Waals surface area contributed by atoms with Gasteiger partial charge in [0.15, 0.2) is 0 Å². The van der Waals surface area contributed by atoms with Gasteiger partial charge < -0.3 is 4.74 Å². The number of ether oxygens (including phenoxy) is 1. The maximum Gasteiger partial charge on any atom is 0.237 e. The molecule has 1 unspecified atom stereocenters. The van der Waals surface area contributed by atoms with Gasteiger partial charge in [0, 0.05) is 0 Å². The quantitative estimate of drug-likeness (QED) is 0.754. The van der Waals surface area contributed by atoms with Gasteiger partial charge >= 0.3 is 0 Å². The van der Waals surface area contributed by atoms with Gasteiger partial charge in [0.05, 0.1) is 12.3 Å². The maximum atomic E-state index is 5.84. The zero-order chi connectivity index (χ0) is 10.7. The van der Waals surface area contributed by atoms with E-state index in [2.05, 4.69) is 23.8 Å². The molecule has 14 heavy (non-hydrogen) atoms. The van der Waals surface area contributed by atoms with E-state index in [0.717, 1.165) is 0 Å². The summed E-state index contributed by atoms with van der Waals surface area (Å²) < 4.78 is 5.52. The van der Waals surface area contributed by atoms with Crippen molar-refractivity contribution in [3.05, 3.63) is 16.5 Å². The number of aromatic nitrogens is 2. The molecule has 1 atom stereocenters. The van der Waals surface area contributed by atoms with Crippen LogP contribution < -0.4 is 4.74 Å². The summed E-state index contributed by atoms with van der Waals surface area (Å²) in [5.41, 5.74) is 0. The molecule has 1 rings (SSSR count). The van der Waals surface area contributed by atoms with E-state index in [9.17, 15) is 0 Å². The summed E-state index contributed by atoms with van der Waals surface area (Å²) in [5, 5.41) is 0.516. The predicted molar refractivity (Wildman–Crippen MR) is 57.0 cm³/mol. The van der Waals surface area contributed by atoms with Crippen LogP contribution >= 0.6 is 23.2 Å². The predicted octanol–water partition coefficient (Wildman–Crippen LogP) is 3.21. The highest BCUT2D eigenvalue weighted by Gasteiger charge is 2.12. The number of rotatable bonds is 3. The standard InChI is InChI=1S/C9H12Cl2N2O/c1-5(2)6(3)14-8-7(10)4-12-9(11)13-8/h4-6H,1-3H3. The van der Waals surface area contributed by atoms with Crippen LogP contribution in [0.3, 0.4) is 0 Å². The highest BCUT2D eigenvalue weighted by atomic mass is 35.5. The fourth-order valence-electron chi connectivity index (χ4n) is 0.726. The molecule has 1 heterocycles. The van der Waals surface area contributed by atoms with Gasteiger partial charge in [-0.05, 0) is 24.4 Å². The Kier molecular flexibility index (Phi) is 3.96. The van der Waals surface area contributed by atoms with E-state index in [1.165, 1.54) is 6.20 Å². The van der Waals surface area contributed by atoms with Crippen molar-refractivity contribution in [3.8, 4) is 5.88 Å². The van der Waals surface area contributed by atoms with Crippen LogP contribution in [-0.4, -0.2) is 16.1 Å². The molecule has 0 aliphatic heterocycles. The summed E-state index contributed by atoms with van der Waals surface area (Å²) in [6, 6.07) is 0. The average molecular weight is 235 g/mol. The molecule has 0 aromatic carbocycles. The van der Waals surface area contributed by atoms with E-state index >= 15 is 0 Å². The fraction of sp³-hybridized carbons (Fsp3) is 0.556. The third kappa shape index (κ3) is 3.00. The Hall–Kier alpha value is -0.540. The lowest BCUT2D eigenvalue weighted by molar-refractivity contribution is 0.163.